The summed E-state index contributed by atoms with van der Waals surface area (Å²) >= 11 is 0. The molecule has 3 fully saturated rings. The summed E-state index contributed by atoms with van der Waals surface area (Å²) in [4.78, 5) is 19.5. The summed E-state index contributed by atoms with van der Waals surface area (Å²) in [5.41, 5.74) is 2.45. The Bertz CT molecular complexity index is 971. The van der Waals surface area contributed by atoms with E-state index in [2.05, 4.69) is 22.4 Å². The Kier molecular flexibility index (Phi) is 5.25. The lowest BCUT2D eigenvalue weighted by molar-refractivity contribution is -0.138. The lowest BCUT2D eigenvalue weighted by atomic mass is 9.93. The highest BCUT2D eigenvalue weighted by atomic mass is 16.5. The van der Waals surface area contributed by atoms with Gasteiger partial charge >= 0.3 is 0 Å². The Balaban J connectivity index is 1.26. The van der Waals surface area contributed by atoms with Crippen LogP contribution in [0.1, 0.15) is 56.3 Å². The van der Waals surface area contributed by atoms with Gasteiger partial charge in [-0.3, -0.25) is 4.79 Å². The molecule has 0 radical (unpaired) electrons. The molecule has 5 rings (SSSR count). The fourth-order valence-electron chi connectivity index (χ4n) is 4.54. The van der Waals surface area contributed by atoms with Crippen LogP contribution in [0.5, 0.6) is 0 Å². The van der Waals surface area contributed by atoms with Gasteiger partial charge in [-0.15, -0.1) is 0 Å². The number of rotatable bonds is 7. The first-order valence-corrected chi connectivity index (χ1v) is 11.2. The highest BCUT2D eigenvalue weighted by Gasteiger charge is 2.50. The van der Waals surface area contributed by atoms with Crippen LogP contribution < -0.4 is 5.32 Å². The predicted octanol–water partition coefficient (Wildman–Crippen LogP) is 3.44. The molecule has 0 unspecified atom stereocenters. The molecule has 2 saturated heterocycles. The smallest absolute Gasteiger partial charge is 0.258 e. The van der Waals surface area contributed by atoms with Crippen LogP contribution in [-0.2, 0) is 9.53 Å². The molecule has 3 aliphatic rings. The number of carbonyl (C=O) groups is 1. The van der Waals surface area contributed by atoms with Gasteiger partial charge < -0.3 is 24.9 Å². The normalized spacial score (nSPS) is 20.9. The van der Waals surface area contributed by atoms with Crippen LogP contribution in [0.4, 0.5) is 5.69 Å². The molecule has 1 aliphatic carbocycles. The van der Waals surface area contributed by atoms with Crippen molar-refractivity contribution in [1.29, 1.82) is 5.41 Å². The minimum absolute atomic E-state index is 0.0634. The van der Waals surface area contributed by atoms with Crippen molar-refractivity contribution < 1.29 is 14.1 Å². The summed E-state index contributed by atoms with van der Waals surface area (Å²) in [6, 6.07) is 6.01. The van der Waals surface area contributed by atoms with Gasteiger partial charge in [-0.2, -0.15) is 4.98 Å². The Morgan fingerprint density at radius 1 is 1.32 bits per heavy atom. The average molecular weight is 424 g/mol. The zero-order chi connectivity index (χ0) is 21.4. The fourth-order valence-corrected chi connectivity index (χ4v) is 4.54. The predicted molar refractivity (Wildman–Crippen MR) is 116 cm³/mol. The van der Waals surface area contributed by atoms with E-state index in [4.69, 9.17) is 14.7 Å². The van der Waals surface area contributed by atoms with E-state index in [9.17, 15) is 4.79 Å². The Morgan fingerprint density at radius 2 is 2.10 bits per heavy atom. The maximum Gasteiger partial charge on any atom is 0.258 e. The molecule has 1 saturated carbocycles. The van der Waals surface area contributed by atoms with Crippen molar-refractivity contribution in [2.75, 3.05) is 31.6 Å². The largest absolute Gasteiger partial charge is 0.377 e. The third-order valence-electron chi connectivity index (χ3n) is 7.03. The molecule has 1 amide bonds. The molecule has 8 heteroatoms. The van der Waals surface area contributed by atoms with Crippen LogP contribution in [0.2, 0.25) is 0 Å². The van der Waals surface area contributed by atoms with Gasteiger partial charge in [-0.05, 0) is 44.2 Å². The highest BCUT2D eigenvalue weighted by molar-refractivity contribution is 5.87. The van der Waals surface area contributed by atoms with E-state index in [0.29, 0.717) is 25.0 Å². The van der Waals surface area contributed by atoms with Crippen LogP contribution in [-0.4, -0.2) is 59.5 Å². The van der Waals surface area contributed by atoms with Crippen LogP contribution >= 0.6 is 0 Å². The molecular weight excluding hydrogens is 394 g/mol. The van der Waals surface area contributed by atoms with Crippen LogP contribution in [0, 0.1) is 10.8 Å². The van der Waals surface area contributed by atoms with E-state index in [0.717, 1.165) is 67.8 Å². The van der Waals surface area contributed by atoms with E-state index < -0.39 is 0 Å². The molecular formula is C23H29N5O3. The number of piperidine rings is 1. The zero-order valence-electron chi connectivity index (χ0n) is 17.9. The van der Waals surface area contributed by atoms with Crippen LogP contribution in [0.3, 0.4) is 0 Å². The number of ether oxygens (including phenoxy) is 1. The van der Waals surface area contributed by atoms with Crippen LogP contribution in [0.25, 0.3) is 11.5 Å². The zero-order valence-corrected chi connectivity index (χ0v) is 17.9. The van der Waals surface area contributed by atoms with Crippen molar-refractivity contribution in [3.63, 3.8) is 0 Å². The Labute approximate surface area is 181 Å². The maximum atomic E-state index is 12.8. The maximum absolute atomic E-state index is 12.8. The van der Waals surface area contributed by atoms with Gasteiger partial charge in [0, 0.05) is 47.5 Å². The van der Waals surface area contributed by atoms with E-state index in [1.54, 1.807) is 0 Å². The van der Waals surface area contributed by atoms with E-state index in [1.807, 2.05) is 23.1 Å². The summed E-state index contributed by atoms with van der Waals surface area (Å²) < 4.78 is 10.8. The highest BCUT2D eigenvalue weighted by Crippen LogP contribution is 2.50. The first kappa shape index (κ1) is 20.2. The number of anilines is 1. The van der Waals surface area contributed by atoms with Gasteiger partial charge in [0.1, 0.15) is 0 Å². The number of likely N-dealkylation sites (tertiary alicyclic amines) is 1. The lowest BCUT2D eigenvalue weighted by Crippen LogP contribution is -2.42. The van der Waals surface area contributed by atoms with Gasteiger partial charge in [0.25, 0.3) is 5.89 Å². The van der Waals surface area contributed by atoms with Gasteiger partial charge in [0.15, 0.2) is 5.82 Å². The SMILES string of the molecule is CCC1(C(=O)N2CCC(c3noc(-c4ccc(C=N)c(NC5COC5)c4)n3)CC2)CC1. The molecule has 0 bridgehead atoms. The lowest BCUT2D eigenvalue weighted by Gasteiger charge is -2.33. The first-order valence-electron chi connectivity index (χ1n) is 11.2. The standard InChI is InChI=1S/C23H29N5O3/c1-2-23(7-8-23)22(29)28-9-5-15(6-10-28)20-26-21(31-27-20)16-3-4-17(12-24)19(11-16)25-18-13-30-14-18/h3-4,11-12,15,18,24-25H,2,5-10,13-14H2,1H3. The summed E-state index contributed by atoms with van der Waals surface area (Å²) in [5.74, 6) is 1.76. The number of nitrogens with zero attached hydrogens (tertiary/aromatic N) is 3. The summed E-state index contributed by atoms with van der Waals surface area (Å²) in [7, 11) is 0. The number of carbonyl (C=O) groups excluding carboxylic acids is 1. The number of nitrogens with one attached hydrogen (secondary N) is 2. The summed E-state index contributed by atoms with van der Waals surface area (Å²) in [6.45, 7) is 5.00. The molecule has 2 aliphatic heterocycles. The second-order valence-electron chi connectivity index (χ2n) is 8.98. The second kappa shape index (κ2) is 8.07. The van der Waals surface area contributed by atoms with Gasteiger partial charge in [0.05, 0.1) is 19.3 Å². The number of hydrogen-bond donors (Lipinski definition) is 2. The molecule has 164 valence electrons. The van der Waals surface area contributed by atoms with Gasteiger partial charge in [-0.25, -0.2) is 0 Å². The first-order chi connectivity index (χ1) is 15.1. The third-order valence-corrected chi connectivity index (χ3v) is 7.03. The molecule has 3 heterocycles. The molecule has 2 N–H and O–H groups in total. The summed E-state index contributed by atoms with van der Waals surface area (Å²) in [6.07, 6.45) is 6.10. The monoisotopic (exact) mass is 423 g/mol. The second-order valence-corrected chi connectivity index (χ2v) is 8.98. The average Bonchev–Trinajstić information content (AvgIpc) is 3.43. The van der Waals surface area contributed by atoms with Crippen molar-refractivity contribution in [3.8, 4) is 11.5 Å². The molecule has 0 spiro atoms. The Hall–Kier alpha value is -2.74. The molecule has 0 atom stereocenters. The molecule has 2 aromatic rings. The number of benzene rings is 1. The van der Waals surface area contributed by atoms with E-state index >= 15 is 0 Å². The van der Waals surface area contributed by atoms with Crippen molar-refractivity contribution in [2.24, 2.45) is 5.41 Å². The van der Waals surface area contributed by atoms with Crippen molar-refractivity contribution in [2.45, 2.75) is 51.0 Å². The van der Waals surface area contributed by atoms with Gasteiger partial charge in [0.2, 0.25) is 5.91 Å². The van der Waals surface area contributed by atoms with Crippen LogP contribution in [0.15, 0.2) is 22.7 Å². The number of amides is 1. The molecule has 1 aromatic carbocycles. The minimum atomic E-state index is -0.0634. The van der Waals surface area contributed by atoms with E-state index in [-0.39, 0.29) is 17.4 Å². The van der Waals surface area contributed by atoms with Crippen molar-refractivity contribution >= 4 is 17.8 Å². The minimum Gasteiger partial charge on any atom is -0.377 e. The molecule has 31 heavy (non-hydrogen) atoms. The molecule has 1 aromatic heterocycles. The fraction of sp³-hybridized carbons (Fsp3) is 0.565. The number of aromatic nitrogens is 2. The van der Waals surface area contributed by atoms with E-state index in [1.165, 1.54) is 6.21 Å². The molecule has 8 nitrogen and oxygen atoms in total. The van der Waals surface area contributed by atoms with Crippen molar-refractivity contribution in [1.82, 2.24) is 15.0 Å². The quantitative estimate of drug-likeness (QED) is 0.661. The number of hydrogen-bond acceptors (Lipinski definition) is 7. The van der Waals surface area contributed by atoms with Crippen molar-refractivity contribution in [3.05, 3.63) is 29.6 Å². The summed E-state index contributed by atoms with van der Waals surface area (Å²) in [5, 5.41) is 15.3. The van der Waals surface area contributed by atoms with Gasteiger partial charge in [-0.1, -0.05) is 18.1 Å². The Morgan fingerprint density at radius 3 is 2.71 bits per heavy atom. The topological polar surface area (TPSA) is 104 Å². The third kappa shape index (κ3) is 3.84.